The summed E-state index contributed by atoms with van der Waals surface area (Å²) in [5.74, 6) is 0.805. The lowest BCUT2D eigenvalue weighted by molar-refractivity contribution is 1.11. The first-order valence-corrected chi connectivity index (χ1v) is 8.40. The van der Waals surface area contributed by atoms with Gasteiger partial charge in [-0.05, 0) is 24.6 Å². The maximum Gasteiger partial charge on any atom is 0.115 e. The van der Waals surface area contributed by atoms with E-state index in [1.54, 1.807) is 11.8 Å². The van der Waals surface area contributed by atoms with Crippen LogP contribution in [0.15, 0.2) is 71.8 Å². The van der Waals surface area contributed by atoms with Crippen LogP contribution in [0, 0.1) is 18.3 Å². The Morgan fingerprint density at radius 2 is 1.70 bits per heavy atom. The Bertz CT molecular complexity index is 834. The first-order valence-electron chi connectivity index (χ1n) is 7.41. The van der Waals surface area contributed by atoms with Crippen molar-refractivity contribution in [3.05, 3.63) is 83.4 Å². The van der Waals surface area contributed by atoms with Gasteiger partial charge in [0.1, 0.15) is 11.1 Å². The summed E-state index contributed by atoms with van der Waals surface area (Å²) in [4.78, 5) is 4.70. The molecule has 2 aromatic carbocycles. The molecule has 3 heteroatoms. The Morgan fingerprint density at radius 1 is 0.957 bits per heavy atom. The van der Waals surface area contributed by atoms with Gasteiger partial charge in [-0.15, -0.1) is 11.8 Å². The molecule has 23 heavy (non-hydrogen) atoms. The van der Waals surface area contributed by atoms with Gasteiger partial charge in [0.05, 0.1) is 11.3 Å². The van der Waals surface area contributed by atoms with Gasteiger partial charge in [-0.2, -0.15) is 5.26 Å². The number of thioether (sulfide) groups is 1. The molecule has 3 aromatic rings. The van der Waals surface area contributed by atoms with Gasteiger partial charge in [0.2, 0.25) is 0 Å². The number of rotatable bonds is 4. The normalized spacial score (nSPS) is 10.3. The first-order chi connectivity index (χ1) is 11.3. The molecular formula is C20H16N2S. The minimum Gasteiger partial charge on any atom is -0.240 e. The van der Waals surface area contributed by atoms with Crippen molar-refractivity contribution in [1.29, 1.82) is 5.26 Å². The van der Waals surface area contributed by atoms with Crippen molar-refractivity contribution in [1.82, 2.24) is 4.98 Å². The van der Waals surface area contributed by atoms with E-state index in [1.807, 2.05) is 30.3 Å². The van der Waals surface area contributed by atoms with Gasteiger partial charge in [-0.1, -0.05) is 60.2 Å². The van der Waals surface area contributed by atoms with Crippen LogP contribution < -0.4 is 0 Å². The molecule has 1 aromatic heterocycles. The summed E-state index contributed by atoms with van der Waals surface area (Å²) in [5.41, 5.74) is 5.05. The largest absolute Gasteiger partial charge is 0.240 e. The number of pyridine rings is 1. The van der Waals surface area contributed by atoms with Crippen LogP contribution in [0.2, 0.25) is 0 Å². The average molecular weight is 316 g/mol. The second-order valence-corrected chi connectivity index (χ2v) is 6.27. The van der Waals surface area contributed by atoms with E-state index in [0.717, 1.165) is 22.0 Å². The molecule has 0 spiro atoms. The van der Waals surface area contributed by atoms with Crippen LogP contribution in [0.5, 0.6) is 0 Å². The minimum atomic E-state index is 0.627. The lowest BCUT2D eigenvalue weighted by Crippen LogP contribution is -1.92. The van der Waals surface area contributed by atoms with E-state index in [4.69, 9.17) is 4.98 Å². The highest BCUT2D eigenvalue weighted by Crippen LogP contribution is 2.27. The zero-order chi connectivity index (χ0) is 16.1. The topological polar surface area (TPSA) is 36.7 Å². The molecule has 3 rings (SSSR count). The first kappa shape index (κ1) is 15.3. The molecule has 0 aliphatic rings. The highest BCUT2D eigenvalue weighted by molar-refractivity contribution is 7.98. The average Bonchev–Trinajstić information content (AvgIpc) is 2.61. The molecule has 0 aliphatic carbocycles. The van der Waals surface area contributed by atoms with Crippen LogP contribution in [-0.4, -0.2) is 4.98 Å². The van der Waals surface area contributed by atoms with Crippen LogP contribution in [-0.2, 0) is 5.75 Å². The Kier molecular flexibility index (Phi) is 4.75. The van der Waals surface area contributed by atoms with Crippen LogP contribution in [0.1, 0.15) is 16.7 Å². The van der Waals surface area contributed by atoms with Crippen molar-refractivity contribution in [2.24, 2.45) is 0 Å². The summed E-state index contributed by atoms with van der Waals surface area (Å²) in [6, 6.07) is 24.5. The molecule has 0 atom stereocenters. The fourth-order valence-corrected chi connectivity index (χ4v) is 3.17. The zero-order valence-electron chi connectivity index (χ0n) is 12.9. The van der Waals surface area contributed by atoms with E-state index in [2.05, 4.69) is 49.4 Å². The molecule has 2 nitrogen and oxygen atoms in total. The third-order valence-electron chi connectivity index (χ3n) is 3.55. The van der Waals surface area contributed by atoms with E-state index >= 15 is 0 Å². The highest BCUT2D eigenvalue weighted by atomic mass is 32.2. The molecule has 0 bridgehead atoms. The predicted octanol–water partition coefficient (Wildman–Crippen LogP) is 5.22. The molecule has 0 radical (unpaired) electrons. The van der Waals surface area contributed by atoms with E-state index in [0.29, 0.717) is 5.56 Å². The fourth-order valence-electron chi connectivity index (χ4n) is 2.25. The van der Waals surface area contributed by atoms with E-state index < -0.39 is 0 Å². The predicted molar refractivity (Wildman–Crippen MR) is 95.1 cm³/mol. The molecule has 112 valence electrons. The summed E-state index contributed by atoms with van der Waals surface area (Å²) in [7, 11) is 0. The summed E-state index contributed by atoms with van der Waals surface area (Å²) < 4.78 is 0. The summed E-state index contributed by atoms with van der Waals surface area (Å²) >= 11 is 1.60. The van der Waals surface area contributed by atoms with Gasteiger partial charge in [0.25, 0.3) is 0 Å². The number of hydrogen-bond acceptors (Lipinski definition) is 3. The second-order valence-electron chi connectivity index (χ2n) is 5.30. The lowest BCUT2D eigenvalue weighted by atomic mass is 10.1. The van der Waals surface area contributed by atoms with E-state index in [1.165, 1.54) is 11.1 Å². The van der Waals surface area contributed by atoms with Crippen molar-refractivity contribution >= 4 is 11.8 Å². The molecule has 1 heterocycles. The van der Waals surface area contributed by atoms with Crippen LogP contribution in [0.4, 0.5) is 0 Å². The summed E-state index contributed by atoms with van der Waals surface area (Å²) in [6.45, 7) is 2.07. The molecule has 0 amide bonds. The van der Waals surface area contributed by atoms with Crippen molar-refractivity contribution in [3.8, 4) is 17.3 Å². The number of nitriles is 1. The van der Waals surface area contributed by atoms with Crippen molar-refractivity contribution in [2.75, 3.05) is 0 Å². The fraction of sp³-hybridized carbons (Fsp3) is 0.100. The highest BCUT2D eigenvalue weighted by Gasteiger charge is 2.08. The summed E-state index contributed by atoms with van der Waals surface area (Å²) in [6.07, 6.45) is 0. The van der Waals surface area contributed by atoms with Gasteiger partial charge >= 0.3 is 0 Å². The Labute approximate surface area is 140 Å². The third kappa shape index (κ3) is 3.80. The van der Waals surface area contributed by atoms with Crippen LogP contribution >= 0.6 is 11.8 Å². The quantitative estimate of drug-likeness (QED) is 0.619. The Morgan fingerprint density at radius 3 is 2.39 bits per heavy atom. The number of aromatic nitrogens is 1. The van der Waals surface area contributed by atoms with Crippen molar-refractivity contribution < 1.29 is 0 Å². The van der Waals surface area contributed by atoms with Crippen LogP contribution in [0.25, 0.3) is 11.3 Å². The van der Waals surface area contributed by atoms with Gasteiger partial charge in [0, 0.05) is 11.3 Å². The molecule has 0 aliphatic heterocycles. The smallest absolute Gasteiger partial charge is 0.115 e. The third-order valence-corrected chi connectivity index (χ3v) is 4.61. The maximum absolute atomic E-state index is 9.31. The van der Waals surface area contributed by atoms with Crippen molar-refractivity contribution in [2.45, 2.75) is 17.7 Å². The number of nitrogens with zero attached hydrogens (tertiary/aromatic N) is 2. The molecule has 0 unspecified atom stereocenters. The molecule has 0 saturated carbocycles. The SMILES string of the molecule is Cc1ccc(-c2ccc(C#N)c(SCc3ccccc3)n2)cc1. The Hall–Kier alpha value is -2.57. The van der Waals surface area contributed by atoms with Gasteiger partial charge in [-0.25, -0.2) is 4.98 Å². The summed E-state index contributed by atoms with van der Waals surface area (Å²) in [5, 5.41) is 10.1. The zero-order valence-corrected chi connectivity index (χ0v) is 13.7. The van der Waals surface area contributed by atoms with Gasteiger partial charge in [0.15, 0.2) is 0 Å². The van der Waals surface area contributed by atoms with E-state index in [-0.39, 0.29) is 0 Å². The second kappa shape index (κ2) is 7.13. The van der Waals surface area contributed by atoms with Gasteiger partial charge < -0.3 is 0 Å². The monoisotopic (exact) mass is 316 g/mol. The standard InChI is InChI=1S/C20H16N2S/c1-15-7-9-17(10-8-15)19-12-11-18(13-21)20(22-19)23-14-16-5-3-2-4-6-16/h2-12H,14H2,1H3. The van der Waals surface area contributed by atoms with Gasteiger partial charge in [-0.3, -0.25) is 0 Å². The number of benzene rings is 2. The maximum atomic E-state index is 9.31. The Balaban J connectivity index is 1.87. The minimum absolute atomic E-state index is 0.627. The lowest BCUT2D eigenvalue weighted by Gasteiger charge is -2.07. The van der Waals surface area contributed by atoms with Crippen molar-refractivity contribution in [3.63, 3.8) is 0 Å². The molecule has 0 N–H and O–H groups in total. The van der Waals surface area contributed by atoms with E-state index in [9.17, 15) is 5.26 Å². The number of hydrogen-bond donors (Lipinski definition) is 0. The molecule has 0 saturated heterocycles. The van der Waals surface area contributed by atoms with Crippen LogP contribution in [0.3, 0.4) is 0 Å². The molecular weight excluding hydrogens is 300 g/mol. The number of aryl methyl sites for hydroxylation is 1. The molecule has 0 fully saturated rings.